The van der Waals surface area contributed by atoms with Crippen LogP contribution in [0.1, 0.15) is 199 Å². The normalized spacial score (nSPS) is 14.8. The number of aromatic nitrogens is 4. The highest BCUT2D eigenvalue weighted by Crippen LogP contribution is 2.47. The van der Waals surface area contributed by atoms with Crippen LogP contribution in [0.15, 0.2) is 170 Å². The van der Waals surface area contributed by atoms with Gasteiger partial charge in [0, 0.05) is 74.1 Å². The smallest absolute Gasteiger partial charge is 0.246 e. The molecule has 4 heterocycles. The molecule has 0 radical (unpaired) electrons. The highest BCUT2D eigenvalue weighted by Gasteiger charge is 2.32. The Labute approximate surface area is 751 Å². The van der Waals surface area contributed by atoms with Gasteiger partial charge in [0.25, 0.3) is 0 Å². The van der Waals surface area contributed by atoms with Gasteiger partial charge in [0.1, 0.15) is 80.5 Å². The number of benzene rings is 8. The van der Waals surface area contributed by atoms with E-state index in [9.17, 15) is 40.2 Å². The third-order valence-corrected chi connectivity index (χ3v) is 25.9. The highest BCUT2D eigenvalue weighted by molar-refractivity contribution is 7.19. The van der Waals surface area contributed by atoms with E-state index in [0.717, 1.165) is 135 Å². The standard InChI is InChI=1S/2C25H25N3O3S.2C25H25N3O2S/c2*1-15(2)31-22-10-7-16(11-17(22)12-26)25-27-13-23(32-25)20-6-4-5-19-18(20)8-9-21(19)28-24(29)14-30-3;2*1-4-24(29)28-21-10-9-18-19(21)6-5-7-20(18)23-14-27-25(31-23)16-8-11-22(30-15(2)3)17(12-16)13-26/h2*4-7,10-11,13,15,21H,8-9,14H2,1-3H3,(H,28,29);2*5-8,11-12,14-15,21H,4,9-10H2,1-3H3,(H,28,29)/t4*21-/m1010/s1. The second kappa shape index (κ2) is 42.3. The fourth-order valence-corrected chi connectivity index (χ4v) is 19.9. The summed E-state index contributed by atoms with van der Waals surface area (Å²) in [4.78, 5) is 70.6. The summed E-state index contributed by atoms with van der Waals surface area (Å²) < 4.78 is 32.8. The van der Waals surface area contributed by atoms with Crippen LogP contribution < -0.4 is 40.2 Å². The topological polar surface area (TPSA) is 318 Å². The van der Waals surface area contributed by atoms with Crippen molar-refractivity contribution in [2.75, 3.05) is 27.4 Å². The van der Waals surface area contributed by atoms with Crippen molar-refractivity contribution >= 4 is 69.0 Å². The van der Waals surface area contributed by atoms with E-state index < -0.39 is 0 Å². The number of carbonyl (C=O) groups is 4. The van der Waals surface area contributed by atoms with Crippen LogP contribution in [0.2, 0.25) is 0 Å². The maximum atomic E-state index is 12.0. The van der Waals surface area contributed by atoms with E-state index in [2.05, 4.69) is 126 Å². The van der Waals surface area contributed by atoms with E-state index in [4.69, 9.17) is 28.4 Å². The van der Waals surface area contributed by atoms with Gasteiger partial charge >= 0.3 is 0 Å². The van der Waals surface area contributed by atoms with E-state index in [1.807, 2.05) is 179 Å². The Morgan fingerprint density at radius 3 is 0.794 bits per heavy atom. The Kier molecular flexibility index (Phi) is 30.5. The Balaban J connectivity index is 0.000000144. The second-order valence-electron chi connectivity index (χ2n) is 31.8. The van der Waals surface area contributed by atoms with Crippen molar-refractivity contribution in [2.45, 2.75) is 182 Å². The minimum atomic E-state index is -0.103. The predicted molar refractivity (Wildman–Crippen MR) is 495 cm³/mol. The van der Waals surface area contributed by atoms with Crippen LogP contribution in [0.4, 0.5) is 0 Å². The first-order chi connectivity index (χ1) is 61.0. The molecular formula is C100H100N12O10S4. The second-order valence-corrected chi connectivity index (χ2v) is 35.9. The molecule has 126 heavy (non-hydrogen) atoms. The molecule has 0 aliphatic heterocycles. The number of ether oxygens (including phenoxy) is 6. The van der Waals surface area contributed by atoms with Crippen molar-refractivity contribution in [2.24, 2.45) is 0 Å². The predicted octanol–water partition coefficient (Wildman–Crippen LogP) is 21.1. The molecule has 0 saturated carbocycles. The third-order valence-electron chi connectivity index (χ3n) is 21.5. The van der Waals surface area contributed by atoms with Gasteiger partial charge in [-0.3, -0.25) is 19.2 Å². The van der Waals surface area contributed by atoms with E-state index >= 15 is 0 Å². The van der Waals surface area contributed by atoms with Gasteiger partial charge < -0.3 is 49.7 Å². The highest BCUT2D eigenvalue weighted by atomic mass is 32.1. The summed E-state index contributed by atoms with van der Waals surface area (Å²) in [5.74, 6) is 2.33. The van der Waals surface area contributed by atoms with Crippen LogP contribution in [-0.2, 0) is 54.3 Å². The Hall–Kier alpha value is -12.8. The molecule has 0 bridgehead atoms. The maximum Gasteiger partial charge on any atom is 0.246 e. The van der Waals surface area contributed by atoms with Gasteiger partial charge in [0.2, 0.25) is 23.6 Å². The zero-order chi connectivity index (χ0) is 89.2. The average molecular weight is 1760 g/mol. The number of methoxy groups -OCH3 is 2. The average Bonchev–Trinajstić information content (AvgIpc) is 1.65. The number of nitrogens with zero attached hydrogens (tertiary/aromatic N) is 8. The molecule has 0 unspecified atom stereocenters. The van der Waals surface area contributed by atoms with Gasteiger partial charge in [-0.1, -0.05) is 86.6 Å². The number of hydrogen-bond donors (Lipinski definition) is 4. The number of hydrogen-bond acceptors (Lipinski definition) is 22. The summed E-state index contributed by atoms with van der Waals surface area (Å²) in [6, 6.07) is 56.6. The monoisotopic (exact) mass is 1760 g/mol. The van der Waals surface area contributed by atoms with Crippen LogP contribution in [0.5, 0.6) is 23.0 Å². The summed E-state index contributed by atoms with van der Waals surface area (Å²) in [5, 5.41) is 53.9. The third kappa shape index (κ3) is 21.8. The number of rotatable bonds is 26. The van der Waals surface area contributed by atoms with Crippen molar-refractivity contribution < 1.29 is 47.6 Å². The number of nitrogens with one attached hydrogen (secondary N) is 4. The van der Waals surface area contributed by atoms with Crippen molar-refractivity contribution in [3.8, 4) is 131 Å². The van der Waals surface area contributed by atoms with Crippen molar-refractivity contribution in [1.82, 2.24) is 41.2 Å². The van der Waals surface area contributed by atoms with Gasteiger partial charge in [0.15, 0.2) is 0 Å². The molecule has 22 nitrogen and oxygen atoms in total. The molecule has 0 spiro atoms. The molecule has 8 aromatic carbocycles. The number of amides is 4. The van der Waals surface area contributed by atoms with Crippen LogP contribution in [0, 0.1) is 45.3 Å². The fourth-order valence-electron chi connectivity index (χ4n) is 16.0. The largest absolute Gasteiger partial charge is 0.490 e. The quantitative estimate of drug-likeness (QED) is 0.0391. The zero-order valence-corrected chi connectivity index (χ0v) is 75.8. The van der Waals surface area contributed by atoms with E-state index in [0.29, 0.717) is 58.1 Å². The van der Waals surface area contributed by atoms with Crippen molar-refractivity contribution in [1.29, 1.82) is 21.0 Å². The summed E-state index contributed by atoms with van der Waals surface area (Å²) in [6.07, 6.45) is 15.9. The van der Waals surface area contributed by atoms with Gasteiger partial charge in [-0.15, -0.1) is 45.3 Å². The summed E-state index contributed by atoms with van der Waals surface area (Å²) in [7, 11) is 3.04. The lowest BCUT2D eigenvalue weighted by molar-refractivity contribution is -0.126. The molecule has 16 rings (SSSR count). The van der Waals surface area contributed by atoms with Crippen molar-refractivity contribution in [3.05, 3.63) is 237 Å². The Morgan fingerprint density at radius 2 is 0.587 bits per heavy atom. The van der Waals surface area contributed by atoms with Gasteiger partial charge in [-0.05, 0) is 246 Å². The van der Waals surface area contributed by atoms with E-state index in [1.54, 1.807) is 45.3 Å². The Bertz CT molecular complexity index is 5780. The minimum absolute atomic E-state index is 0.00250. The van der Waals surface area contributed by atoms with Crippen LogP contribution in [0.25, 0.3) is 84.0 Å². The molecule has 4 aromatic heterocycles. The molecule has 4 aliphatic carbocycles. The molecule has 4 amide bonds. The summed E-state index contributed by atoms with van der Waals surface area (Å²) >= 11 is 6.43. The van der Waals surface area contributed by atoms with Crippen LogP contribution in [-0.4, -0.2) is 95.4 Å². The van der Waals surface area contributed by atoms with Gasteiger partial charge in [0.05, 0.1) is 90.3 Å². The number of nitriles is 4. The molecule has 644 valence electrons. The SMILES string of the molecule is CCC(=O)N[C@@H]1CCc2c(-c3cnc(-c4ccc(OC(C)C)c(C#N)c4)s3)cccc21.CCC(=O)N[C@H]1CCc2c(-c3cnc(-c4ccc(OC(C)C)c(C#N)c4)s3)cccc21.COCC(=O)N[C@@H]1CCc2c(-c3cnc(-c4ccc(OC(C)C)c(C#N)c4)s3)cccc21.COCC(=O)N[C@H]1CCc2c(-c3cnc(-c4ccc(OC(C)C)c(C#N)c4)s3)cccc21. The number of thiazole rings is 4. The summed E-state index contributed by atoms with van der Waals surface area (Å²) in [6.45, 7) is 19.4. The first-order valence-corrected chi connectivity index (χ1v) is 45.6. The minimum Gasteiger partial charge on any atom is -0.490 e. The molecule has 4 aliphatic rings. The zero-order valence-electron chi connectivity index (χ0n) is 72.6. The first-order valence-electron chi connectivity index (χ1n) is 42.3. The van der Waals surface area contributed by atoms with Gasteiger partial charge in [-0.25, -0.2) is 19.9 Å². The van der Waals surface area contributed by atoms with Crippen molar-refractivity contribution in [3.63, 3.8) is 0 Å². The van der Waals surface area contributed by atoms with E-state index in [1.165, 1.54) is 58.7 Å². The Morgan fingerprint density at radius 1 is 0.357 bits per heavy atom. The van der Waals surface area contributed by atoms with E-state index in [-0.39, 0.29) is 85.4 Å². The molecule has 26 heteroatoms. The molecule has 0 fully saturated rings. The van der Waals surface area contributed by atoms with Gasteiger partial charge in [-0.2, -0.15) is 21.0 Å². The lowest BCUT2D eigenvalue weighted by Crippen LogP contribution is -2.30. The lowest BCUT2D eigenvalue weighted by atomic mass is 10.0. The molecular weight excluding hydrogens is 1660 g/mol. The maximum absolute atomic E-state index is 12.0. The molecule has 12 aromatic rings. The van der Waals surface area contributed by atoms with Crippen LogP contribution in [0.3, 0.4) is 0 Å². The number of fused-ring (bicyclic) bond motifs is 4. The lowest BCUT2D eigenvalue weighted by Gasteiger charge is -2.14. The molecule has 4 N–H and O–H groups in total. The van der Waals surface area contributed by atoms with Crippen LogP contribution >= 0.6 is 45.3 Å². The fraction of sp³-hybridized carbons (Fsp3) is 0.320. The first kappa shape index (κ1) is 91.0. The molecule has 4 atom stereocenters. The number of carbonyl (C=O) groups excluding carboxylic acids is 4. The molecule has 0 saturated heterocycles. The summed E-state index contributed by atoms with van der Waals surface area (Å²) in [5.41, 5.74) is 20.1.